The zero-order valence-corrected chi connectivity index (χ0v) is 16.3. The molecule has 0 aliphatic carbocycles. The summed E-state index contributed by atoms with van der Waals surface area (Å²) in [4.78, 5) is 12.1. The van der Waals surface area contributed by atoms with Crippen molar-refractivity contribution in [3.63, 3.8) is 0 Å². The first-order valence-electron chi connectivity index (χ1n) is 8.60. The fraction of sp³-hybridized carbons (Fsp3) is 0.182. The summed E-state index contributed by atoms with van der Waals surface area (Å²) >= 11 is 1.58. The highest BCUT2D eigenvalue weighted by Crippen LogP contribution is 2.34. The van der Waals surface area contributed by atoms with Crippen molar-refractivity contribution in [2.45, 2.75) is 26.1 Å². The molecule has 28 heavy (non-hydrogen) atoms. The van der Waals surface area contributed by atoms with Gasteiger partial charge < -0.3 is 14.6 Å². The number of nitrogens with zero attached hydrogens (tertiary/aromatic N) is 1. The number of aliphatic carboxylic acids is 1. The SMILES string of the molecule is Cc1ccccc1C(C)(Oc1cc(OCc2ccsc2)ccc1C#N)C(=O)O. The molecule has 1 atom stereocenters. The van der Waals surface area contributed by atoms with E-state index in [1.165, 1.54) is 6.92 Å². The first-order valence-corrected chi connectivity index (χ1v) is 9.55. The number of carboxylic acids is 1. The first-order chi connectivity index (χ1) is 13.4. The third-order valence-corrected chi connectivity index (χ3v) is 5.17. The second-order valence-corrected chi connectivity index (χ2v) is 7.23. The highest BCUT2D eigenvalue weighted by Gasteiger charge is 2.39. The van der Waals surface area contributed by atoms with Gasteiger partial charge in [-0.1, -0.05) is 24.3 Å². The summed E-state index contributed by atoms with van der Waals surface area (Å²) in [5, 5.41) is 23.3. The molecule has 5 nitrogen and oxygen atoms in total. The molecule has 3 rings (SSSR count). The van der Waals surface area contributed by atoms with Crippen LogP contribution in [0.2, 0.25) is 0 Å². The van der Waals surface area contributed by atoms with Crippen LogP contribution in [0.1, 0.15) is 29.2 Å². The fourth-order valence-corrected chi connectivity index (χ4v) is 3.51. The van der Waals surface area contributed by atoms with E-state index in [1.54, 1.807) is 41.7 Å². The topological polar surface area (TPSA) is 79.5 Å². The van der Waals surface area contributed by atoms with Gasteiger partial charge in [-0.3, -0.25) is 0 Å². The maximum Gasteiger partial charge on any atom is 0.352 e. The van der Waals surface area contributed by atoms with E-state index in [2.05, 4.69) is 0 Å². The van der Waals surface area contributed by atoms with Crippen LogP contribution in [-0.4, -0.2) is 11.1 Å². The summed E-state index contributed by atoms with van der Waals surface area (Å²) in [7, 11) is 0. The number of hydrogen-bond donors (Lipinski definition) is 1. The highest BCUT2D eigenvalue weighted by molar-refractivity contribution is 7.07. The molecule has 142 valence electrons. The monoisotopic (exact) mass is 393 g/mol. The van der Waals surface area contributed by atoms with E-state index in [-0.39, 0.29) is 11.3 Å². The summed E-state index contributed by atoms with van der Waals surface area (Å²) in [6.45, 7) is 3.69. The Morgan fingerprint density at radius 3 is 2.68 bits per heavy atom. The van der Waals surface area contributed by atoms with Crippen LogP contribution in [0.4, 0.5) is 0 Å². The van der Waals surface area contributed by atoms with Crippen molar-refractivity contribution in [1.82, 2.24) is 0 Å². The van der Waals surface area contributed by atoms with Crippen molar-refractivity contribution in [3.8, 4) is 17.6 Å². The Kier molecular flexibility index (Phi) is 5.67. The minimum atomic E-state index is -1.65. The molecule has 2 aromatic carbocycles. The van der Waals surface area contributed by atoms with E-state index >= 15 is 0 Å². The average Bonchev–Trinajstić information content (AvgIpc) is 3.20. The number of benzene rings is 2. The van der Waals surface area contributed by atoms with Gasteiger partial charge in [0, 0.05) is 11.6 Å². The number of carbonyl (C=O) groups is 1. The molecule has 0 bridgehead atoms. The molecule has 0 radical (unpaired) electrons. The Hall–Kier alpha value is -3.30. The largest absolute Gasteiger partial charge is 0.489 e. The minimum Gasteiger partial charge on any atom is -0.489 e. The molecule has 1 aromatic heterocycles. The summed E-state index contributed by atoms with van der Waals surface area (Å²) in [6.07, 6.45) is 0. The minimum absolute atomic E-state index is 0.165. The summed E-state index contributed by atoms with van der Waals surface area (Å²) in [6, 6.07) is 15.9. The van der Waals surface area contributed by atoms with Crippen molar-refractivity contribution < 1.29 is 19.4 Å². The van der Waals surface area contributed by atoms with Crippen molar-refractivity contribution >= 4 is 17.3 Å². The molecular weight excluding hydrogens is 374 g/mol. The molecule has 0 spiro atoms. The zero-order valence-electron chi connectivity index (χ0n) is 15.5. The third kappa shape index (κ3) is 4.00. The smallest absolute Gasteiger partial charge is 0.352 e. The third-order valence-electron chi connectivity index (χ3n) is 4.44. The molecule has 3 aromatic rings. The van der Waals surface area contributed by atoms with E-state index in [1.807, 2.05) is 42.0 Å². The summed E-state index contributed by atoms with van der Waals surface area (Å²) < 4.78 is 11.7. The normalized spacial score (nSPS) is 12.6. The molecular formula is C22H19NO4S. The Bertz CT molecular complexity index is 1020. The molecule has 1 heterocycles. The number of rotatable bonds is 7. The Morgan fingerprint density at radius 1 is 1.25 bits per heavy atom. The number of nitriles is 1. The van der Waals surface area contributed by atoms with Gasteiger partial charge in [0.25, 0.3) is 0 Å². The average molecular weight is 393 g/mol. The number of hydrogen-bond acceptors (Lipinski definition) is 5. The number of thiophene rings is 1. The van der Waals surface area contributed by atoms with Crippen molar-refractivity contribution in [3.05, 3.63) is 81.5 Å². The fourth-order valence-electron chi connectivity index (χ4n) is 2.85. The van der Waals surface area contributed by atoms with Gasteiger partial charge in [0.15, 0.2) is 0 Å². The Morgan fingerprint density at radius 2 is 2.04 bits per heavy atom. The highest BCUT2D eigenvalue weighted by atomic mass is 32.1. The second-order valence-electron chi connectivity index (χ2n) is 6.45. The van der Waals surface area contributed by atoms with Crippen LogP contribution in [0.15, 0.2) is 59.3 Å². The standard InChI is InChI=1S/C22H19NO4S/c1-15-5-3-4-6-19(15)22(2,21(24)25)27-20-11-18(8-7-17(20)12-23)26-13-16-9-10-28-14-16/h3-11,14H,13H2,1-2H3,(H,24,25). The lowest BCUT2D eigenvalue weighted by atomic mass is 9.91. The van der Waals surface area contributed by atoms with Gasteiger partial charge in [-0.05, 0) is 53.9 Å². The van der Waals surface area contributed by atoms with Gasteiger partial charge in [-0.25, -0.2) is 4.79 Å². The van der Waals surface area contributed by atoms with Crippen molar-refractivity contribution in [1.29, 1.82) is 5.26 Å². The molecule has 1 N–H and O–H groups in total. The van der Waals surface area contributed by atoms with Crippen LogP contribution in [0, 0.1) is 18.3 Å². The van der Waals surface area contributed by atoms with Crippen LogP contribution in [0.3, 0.4) is 0 Å². The lowest BCUT2D eigenvalue weighted by Gasteiger charge is -2.28. The van der Waals surface area contributed by atoms with E-state index in [4.69, 9.17) is 9.47 Å². The van der Waals surface area contributed by atoms with E-state index in [0.29, 0.717) is 17.9 Å². The molecule has 0 aliphatic heterocycles. The van der Waals surface area contributed by atoms with Crippen molar-refractivity contribution in [2.75, 3.05) is 0 Å². The zero-order chi connectivity index (χ0) is 20.1. The van der Waals surface area contributed by atoms with Crippen LogP contribution in [0.5, 0.6) is 11.5 Å². The number of carboxylic acid groups (broad SMARTS) is 1. The maximum absolute atomic E-state index is 12.1. The van der Waals surface area contributed by atoms with Crippen molar-refractivity contribution in [2.24, 2.45) is 0 Å². The van der Waals surface area contributed by atoms with Gasteiger partial charge in [0.1, 0.15) is 24.2 Å². The van der Waals surface area contributed by atoms with Crippen LogP contribution < -0.4 is 9.47 Å². The lowest BCUT2D eigenvalue weighted by molar-refractivity contribution is -0.154. The van der Waals surface area contributed by atoms with Crippen LogP contribution in [0.25, 0.3) is 0 Å². The first kappa shape index (κ1) is 19.5. The predicted molar refractivity (Wildman–Crippen MR) is 107 cm³/mol. The Balaban J connectivity index is 1.94. The van der Waals surface area contributed by atoms with Gasteiger partial charge in [-0.2, -0.15) is 16.6 Å². The van der Waals surface area contributed by atoms with Gasteiger partial charge >= 0.3 is 5.97 Å². The van der Waals surface area contributed by atoms with Gasteiger partial charge in [-0.15, -0.1) is 0 Å². The second kappa shape index (κ2) is 8.15. The summed E-state index contributed by atoms with van der Waals surface area (Å²) in [5.74, 6) is -0.480. The van der Waals surface area contributed by atoms with Gasteiger partial charge in [0.2, 0.25) is 5.60 Å². The van der Waals surface area contributed by atoms with Crippen LogP contribution >= 0.6 is 11.3 Å². The Labute approximate surface area is 167 Å². The van der Waals surface area contributed by atoms with E-state index in [9.17, 15) is 15.2 Å². The molecule has 0 saturated carbocycles. The maximum atomic E-state index is 12.1. The van der Waals surface area contributed by atoms with E-state index < -0.39 is 11.6 Å². The van der Waals surface area contributed by atoms with Crippen LogP contribution in [-0.2, 0) is 17.0 Å². The number of aryl methyl sites for hydroxylation is 1. The molecule has 0 fully saturated rings. The lowest BCUT2D eigenvalue weighted by Crippen LogP contribution is -2.39. The molecule has 0 aliphatic rings. The summed E-state index contributed by atoms with van der Waals surface area (Å²) in [5.41, 5.74) is 0.936. The van der Waals surface area contributed by atoms with Gasteiger partial charge in [0.05, 0.1) is 5.56 Å². The quantitative estimate of drug-likeness (QED) is 0.618. The molecule has 0 amide bonds. The predicted octanol–water partition coefficient (Wildman–Crippen LogP) is 4.89. The van der Waals surface area contributed by atoms with E-state index in [0.717, 1.165) is 11.1 Å². The molecule has 6 heteroatoms. The molecule has 0 saturated heterocycles. The molecule has 1 unspecified atom stereocenters. The number of ether oxygens (including phenoxy) is 2.